The third-order valence-corrected chi connectivity index (χ3v) is 3.08. The fourth-order valence-electron chi connectivity index (χ4n) is 1.98. The van der Waals surface area contributed by atoms with E-state index in [1.54, 1.807) is 12.1 Å². The van der Waals surface area contributed by atoms with Gasteiger partial charge in [0.1, 0.15) is 5.75 Å². The van der Waals surface area contributed by atoms with Crippen LogP contribution in [0.15, 0.2) is 48.5 Å². The lowest BCUT2D eigenvalue weighted by Gasteiger charge is -2.09. The van der Waals surface area contributed by atoms with Gasteiger partial charge in [-0.05, 0) is 24.6 Å². The van der Waals surface area contributed by atoms with Crippen molar-refractivity contribution in [1.82, 2.24) is 5.32 Å². The number of hydrogen-bond donors (Lipinski definition) is 2. The standard InChI is InChI=1S/C17H20N2O2/c1-13-5-4-6-14(11-13)12-19-17(20)9-10-21-16-8-3-2-7-15(16)18/h2-8,11H,9-10,12,18H2,1H3,(H,19,20). The molecule has 3 N–H and O–H groups in total. The van der Waals surface area contributed by atoms with Crippen molar-refractivity contribution in [3.63, 3.8) is 0 Å². The van der Waals surface area contributed by atoms with Gasteiger partial charge in [0.05, 0.1) is 18.7 Å². The first-order valence-corrected chi connectivity index (χ1v) is 6.94. The zero-order chi connectivity index (χ0) is 15.1. The van der Waals surface area contributed by atoms with Gasteiger partial charge < -0.3 is 15.8 Å². The SMILES string of the molecule is Cc1cccc(CNC(=O)CCOc2ccccc2N)c1. The van der Waals surface area contributed by atoms with Crippen LogP contribution in [0.5, 0.6) is 5.75 Å². The van der Waals surface area contributed by atoms with E-state index < -0.39 is 0 Å². The summed E-state index contributed by atoms with van der Waals surface area (Å²) in [7, 11) is 0. The topological polar surface area (TPSA) is 64.3 Å². The maximum Gasteiger partial charge on any atom is 0.223 e. The average Bonchev–Trinajstić information content (AvgIpc) is 2.47. The number of hydrogen-bond acceptors (Lipinski definition) is 3. The summed E-state index contributed by atoms with van der Waals surface area (Å²) in [4.78, 5) is 11.8. The number of nitrogens with one attached hydrogen (secondary N) is 1. The summed E-state index contributed by atoms with van der Waals surface area (Å²) in [5.41, 5.74) is 8.62. The van der Waals surface area contributed by atoms with Gasteiger partial charge in [-0.15, -0.1) is 0 Å². The molecule has 0 unspecified atom stereocenters. The van der Waals surface area contributed by atoms with Crippen LogP contribution in [0, 0.1) is 6.92 Å². The fourth-order valence-corrected chi connectivity index (χ4v) is 1.98. The molecule has 4 heteroatoms. The molecule has 110 valence electrons. The third-order valence-electron chi connectivity index (χ3n) is 3.08. The molecule has 21 heavy (non-hydrogen) atoms. The second kappa shape index (κ2) is 7.33. The molecule has 0 heterocycles. The second-order valence-electron chi connectivity index (χ2n) is 4.90. The maximum atomic E-state index is 11.8. The lowest BCUT2D eigenvalue weighted by molar-refractivity contribution is -0.121. The van der Waals surface area contributed by atoms with E-state index in [1.165, 1.54) is 5.56 Å². The predicted molar refractivity (Wildman–Crippen MR) is 84.0 cm³/mol. The Bertz CT molecular complexity index is 611. The van der Waals surface area contributed by atoms with Crippen LogP contribution in [-0.4, -0.2) is 12.5 Å². The normalized spacial score (nSPS) is 10.1. The summed E-state index contributed by atoms with van der Waals surface area (Å²) in [5, 5.41) is 2.88. The fraction of sp³-hybridized carbons (Fsp3) is 0.235. The molecule has 0 radical (unpaired) electrons. The molecule has 4 nitrogen and oxygen atoms in total. The maximum absolute atomic E-state index is 11.8. The number of benzene rings is 2. The largest absolute Gasteiger partial charge is 0.491 e. The number of nitrogens with two attached hydrogens (primary N) is 1. The molecule has 0 spiro atoms. The monoisotopic (exact) mass is 284 g/mol. The molecule has 2 rings (SSSR count). The minimum absolute atomic E-state index is 0.0361. The van der Waals surface area contributed by atoms with E-state index in [9.17, 15) is 4.79 Å². The molecule has 0 aliphatic carbocycles. The lowest BCUT2D eigenvalue weighted by Crippen LogP contribution is -2.24. The molecule has 0 atom stereocenters. The Labute approximate surface area is 124 Å². The van der Waals surface area contributed by atoms with Crippen LogP contribution in [-0.2, 0) is 11.3 Å². The smallest absolute Gasteiger partial charge is 0.223 e. The number of carbonyl (C=O) groups is 1. The first kappa shape index (κ1) is 14.9. The van der Waals surface area contributed by atoms with Crippen LogP contribution in [0.4, 0.5) is 5.69 Å². The summed E-state index contributed by atoms with van der Waals surface area (Å²) in [6.45, 7) is 2.88. The number of para-hydroxylation sites is 2. The number of anilines is 1. The zero-order valence-electron chi connectivity index (χ0n) is 12.1. The van der Waals surface area contributed by atoms with Gasteiger partial charge in [-0.3, -0.25) is 4.79 Å². The highest BCUT2D eigenvalue weighted by molar-refractivity contribution is 5.76. The Morgan fingerprint density at radius 2 is 2.00 bits per heavy atom. The summed E-state index contributed by atoms with van der Waals surface area (Å²) in [6, 6.07) is 15.3. The van der Waals surface area contributed by atoms with E-state index in [-0.39, 0.29) is 5.91 Å². The van der Waals surface area contributed by atoms with Crippen LogP contribution in [0.3, 0.4) is 0 Å². The van der Waals surface area contributed by atoms with Gasteiger partial charge in [0, 0.05) is 6.54 Å². The number of carbonyl (C=O) groups excluding carboxylic acids is 1. The summed E-state index contributed by atoms with van der Waals surface area (Å²) >= 11 is 0. The van der Waals surface area contributed by atoms with Crippen molar-refractivity contribution in [3.8, 4) is 5.75 Å². The van der Waals surface area contributed by atoms with Gasteiger partial charge >= 0.3 is 0 Å². The van der Waals surface area contributed by atoms with E-state index in [4.69, 9.17) is 10.5 Å². The molecule has 0 aliphatic heterocycles. The predicted octanol–water partition coefficient (Wildman–Crippen LogP) is 2.66. The number of ether oxygens (including phenoxy) is 1. The summed E-state index contributed by atoms with van der Waals surface area (Å²) in [5.74, 6) is 0.579. The minimum atomic E-state index is -0.0361. The van der Waals surface area contributed by atoms with Crippen molar-refractivity contribution in [2.75, 3.05) is 12.3 Å². The van der Waals surface area contributed by atoms with Gasteiger partial charge in [0.15, 0.2) is 0 Å². The van der Waals surface area contributed by atoms with Crippen LogP contribution in [0.1, 0.15) is 17.5 Å². The highest BCUT2D eigenvalue weighted by Gasteiger charge is 2.03. The van der Waals surface area contributed by atoms with Crippen molar-refractivity contribution in [3.05, 3.63) is 59.7 Å². The van der Waals surface area contributed by atoms with Crippen LogP contribution < -0.4 is 15.8 Å². The van der Waals surface area contributed by atoms with Crippen molar-refractivity contribution in [1.29, 1.82) is 0 Å². The molecule has 0 bridgehead atoms. The summed E-state index contributed by atoms with van der Waals surface area (Å²) < 4.78 is 5.49. The molecule has 0 aromatic heterocycles. The van der Waals surface area contributed by atoms with E-state index in [0.717, 1.165) is 5.56 Å². The van der Waals surface area contributed by atoms with Gasteiger partial charge in [0.25, 0.3) is 0 Å². The molecule has 1 amide bonds. The van der Waals surface area contributed by atoms with E-state index >= 15 is 0 Å². The van der Waals surface area contributed by atoms with Crippen LogP contribution >= 0.6 is 0 Å². The Kier molecular flexibility index (Phi) is 5.21. The molecular weight excluding hydrogens is 264 g/mol. The Hall–Kier alpha value is -2.49. The van der Waals surface area contributed by atoms with Gasteiger partial charge in [-0.1, -0.05) is 42.0 Å². The van der Waals surface area contributed by atoms with Crippen molar-refractivity contribution in [2.24, 2.45) is 0 Å². The van der Waals surface area contributed by atoms with E-state index in [1.807, 2.05) is 37.3 Å². The zero-order valence-corrected chi connectivity index (χ0v) is 12.1. The Morgan fingerprint density at radius 3 is 2.76 bits per heavy atom. The minimum Gasteiger partial charge on any atom is -0.491 e. The first-order chi connectivity index (χ1) is 10.1. The highest BCUT2D eigenvalue weighted by Crippen LogP contribution is 2.19. The van der Waals surface area contributed by atoms with Crippen molar-refractivity contribution >= 4 is 11.6 Å². The number of rotatable bonds is 6. The van der Waals surface area contributed by atoms with Crippen molar-refractivity contribution in [2.45, 2.75) is 19.9 Å². The number of aryl methyl sites for hydroxylation is 1. The quantitative estimate of drug-likeness (QED) is 0.802. The van der Waals surface area contributed by atoms with Crippen LogP contribution in [0.2, 0.25) is 0 Å². The molecule has 0 saturated heterocycles. The Morgan fingerprint density at radius 1 is 1.19 bits per heavy atom. The van der Waals surface area contributed by atoms with Gasteiger partial charge in [-0.25, -0.2) is 0 Å². The van der Waals surface area contributed by atoms with E-state index in [0.29, 0.717) is 31.0 Å². The highest BCUT2D eigenvalue weighted by atomic mass is 16.5. The van der Waals surface area contributed by atoms with Crippen molar-refractivity contribution < 1.29 is 9.53 Å². The number of amides is 1. The molecule has 0 saturated carbocycles. The molecular formula is C17H20N2O2. The Balaban J connectivity index is 1.72. The molecule has 0 fully saturated rings. The van der Waals surface area contributed by atoms with Gasteiger partial charge in [-0.2, -0.15) is 0 Å². The first-order valence-electron chi connectivity index (χ1n) is 6.94. The van der Waals surface area contributed by atoms with E-state index in [2.05, 4.69) is 11.4 Å². The van der Waals surface area contributed by atoms with Gasteiger partial charge in [0.2, 0.25) is 5.91 Å². The number of nitrogen functional groups attached to an aromatic ring is 1. The molecule has 0 aliphatic rings. The molecule has 2 aromatic carbocycles. The lowest BCUT2D eigenvalue weighted by atomic mass is 10.1. The van der Waals surface area contributed by atoms with Crippen LogP contribution in [0.25, 0.3) is 0 Å². The summed E-state index contributed by atoms with van der Waals surface area (Å²) in [6.07, 6.45) is 0.306. The molecule has 2 aromatic rings. The third kappa shape index (κ3) is 4.84. The second-order valence-corrected chi connectivity index (χ2v) is 4.90. The average molecular weight is 284 g/mol.